The van der Waals surface area contributed by atoms with Crippen molar-refractivity contribution in [3.63, 3.8) is 0 Å². The molecule has 0 atom stereocenters. The summed E-state index contributed by atoms with van der Waals surface area (Å²) >= 11 is 0. The summed E-state index contributed by atoms with van der Waals surface area (Å²) < 4.78 is 9.78. The molecular formula is C17H20N2O4. The molecule has 0 aliphatic rings. The van der Waals surface area contributed by atoms with Gasteiger partial charge in [-0.1, -0.05) is 12.1 Å². The number of hydrogen-bond acceptors (Lipinski definition) is 5. The monoisotopic (exact) mass is 316 g/mol. The molecule has 0 bridgehead atoms. The summed E-state index contributed by atoms with van der Waals surface area (Å²) in [5.74, 6) is -0.867. The standard InChI is InChI=1S/C17H20N2O4/c1-3-23-10-4-9-19-16(20)15(12-18)11-13-5-7-14(8-6-13)17(21)22-2/h5-8,11H,3-4,9-10H2,1-2H3,(H,19,20)/b15-11+. The number of hydrogen-bond donors (Lipinski definition) is 1. The molecule has 122 valence electrons. The van der Waals surface area contributed by atoms with E-state index in [0.29, 0.717) is 37.3 Å². The molecule has 1 aromatic rings. The fourth-order valence-electron chi connectivity index (χ4n) is 1.76. The van der Waals surface area contributed by atoms with E-state index in [9.17, 15) is 9.59 Å². The lowest BCUT2D eigenvalue weighted by molar-refractivity contribution is -0.117. The number of methoxy groups -OCH3 is 1. The van der Waals surface area contributed by atoms with Crippen LogP contribution in [0.25, 0.3) is 6.08 Å². The molecule has 23 heavy (non-hydrogen) atoms. The van der Waals surface area contributed by atoms with E-state index in [-0.39, 0.29) is 5.57 Å². The van der Waals surface area contributed by atoms with Crippen LogP contribution in [0.4, 0.5) is 0 Å². The quantitative estimate of drug-likeness (QED) is 0.342. The minimum Gasteiger partial charge on any atom is -0.465 e. The van der Waals surface area contributed by atoms with Gasteiger partial charge in [-0.05, 0) is 37.1 Å². The predicted octanol–water partition coefficient (Wildman–Crippen LogP) is 1.92. The van der Waals surface area contributed by atoms with Crippen LogP contribution in [0, 0.1) is 11.3 Å². The molecule has 0 saturated heterocycles. The lowest BCUT2D eigenvalue weighted by atomic mass is 10.1. The molecule has 1 N–H and O–H groups in total. The molecule has 1 aromatic carbocycles. The van der Waals surface area contributed by atoms with Crippen molar-refractivity contribution >= 4 is 18.0 Å². The van der Waals surface area contributed by atoms with Gasteiger partial charge >= 0.3 is 5.97 Å². The molecule has 0 aliphatic carbocycles. The van der Waals surface area contributed by atoms with E-state index < -0.39 is 11.9 Å². The van der Waals surface area contributed by atoms with Crippen LogP contribution in [0.2, 0.25) is 0 Å². The van der Waals surface area contributed by atoms with Crippen molar-refractivity contribution < 1.29 is 19.1 Å². The Morgan fingerprint density at radius 2 is 2.00 bits per heavy atom. The van der Waals surface area contributed by atoms with E-state index in [0.717, 1.165) is 0 Å². The highest BCUT2D eigenvalue weighted by atomic mass is 16.5. The molecule has 6 nitrogen and oxygen atoms in total. The first kappa shape index (κ1) is 18.4. The zero-order valence-electron chi connectivity index (χ0n) is 13.3. The highest BCUT2D eigenvalue weighted by molar-refractivity contribution is 6.01. The summed E-state index contributed by atoms with van der Waals surface area (Å²) in [6.07, 6.45) is 2.16. The Balaban J connectivity index is 2.65. The third-order valence-electron chi connectivity index (χ3n) is 2.96. The molecule has 0 radical (unpaired) electrons. The SMILES string of the molecule is CCOCCCNC(=O)/C(C#N)=C/c1ccc(C(=O)OC)cc1. The fourth-order valence-corrected chi connectivity index (χ4v) is 1.76. The second kappa shape index (κ2) is 10.1. The molecule has 1 rings (SSSR count). The van der Waals surface area contributed by atoms with Crippen LogP contribution in [0.15, 0.2) is 29.8 Å². The normalized spacial score (nSPS) is 10.7. The number of nitriles is 1. The summed E-state index contributed by atoms with van der Waals surface area (Å²) in [4.78, 5) is 23.3. The highest BCUT2D eigenvalue weighted by Gasteiger charge is 2.09. The predicted molar refractivity (Wildman–Crippen MR) is 85.5 cm³/mol. The van der Waals surface area contributed by atoms with Crippen molar-refractivity contribution in [2.45, 2.75) is 13.3 Å². The fraction of sp³-hybridized carbons (Fsp3) is 0.353. The number of nitrogens with one attached hydrogen (secondary N) is 1. The number of carbonyl (C=O) groups excluding carboxylic acids is 2. The zero-order valence-corrected chi connectivity index (χ0v) is 13.3. The van der Waals surface area contributed by atoms with Gasteiger partial charge in [-0.15, -0.1) is 0 Å². The first-order valence-electron chi connectivity index (χ1n) is 7.28. The molecule has 0 saturated carbocycles. The van der Waals surface area contributed by atoms with E-state index in [1.807, 2.05) is 13.0 Å². The van der Waals surface area contributed by atoms with Gasteiger partial charge in [0.05, 0.1) is 12.7 Å². The first-order chi connectivity index (χ1) is 11.1. The molecule has 0 aromatic heterocycles. The van der Waals surface area contributed by atoms with Gasteiger partial charge in [0.15, 0.2) is 0 Å². The lowest BCUT2D eigenvalue weighted by Gasteiger charge is -2.05. The topological polar surface area (TPSA) is 88.4 Å². The smallest absolute Gasteiger partial charge is 0.337 e. The maximum absolute atomic E-state index is 11.9. The second-order valence-corrected chi connectivity index (χ2v) is 4.59. The van der Waals surface area contributed by atoms with Gasteiger partial charge in [0, 0.05) is 19.8 Å². The summed E-state index contributed by atoms with van der Waals surface area (Å²) in [7, 11) is 1.31. The average molecular weight is 316 g/mol. The Labute approximate surface area is 135 Å². The van der Waals surface area contributed by atoms with Gasteiger partial charge in [-0.3, -0.25) is 4.79 Å². The lowest BCUT2D eigenvalue weighted by Crippen LogP contribution is -2.26. The maximum atomic E-state index is 11.9. The Bertz CT molecular complexity index is 600. The number of esters is 1. The summed E-state index contributed by atoms with van der Waals surface area (Å²) in [6.45, 7) is 3.55. The van der Waals surface area contributed by atoms with E-state index in [1.165, 1.54) is 13.2 Å². The average Bonchev–Trinajstić information content (AvgIpc) is 2.59. The van der Waals surface area contributed by atoms with Gasteiger partial charge in [-0.2, -0.15) is 5.26 Å². The number of nitrogens with zero attached hydrogens (tertiary/aromatic N) is 1. The summed E-state index contributed by atoms with van der Waals surface area (Å²) in [5, 5.41) is 11.8. The molecule has 0 spiro atoms. The van der Waals surface area contributed by atoms with Gasteiger partial charge in [-0.25, -0.2) is 4.79 Å². The van der Waals surface area contributed by atoms with Crippen molar-refractivity contribution in [2.24, 2.45) is 0 Å². The van der Waals surface area contributed by atoms with Crippen LogP contribution >= 0.6 is 0 Å². The summed E-state index contributed by atoms with van der Waals surface area (Å²) in [6, 6.07) is 8.32. The van der Waals surface area contributed by atoms with Gasteiger partial charge in [0.2, 0.25) is 0 Å². The third kappa shape index (κ3) is 6.32. The van der Waals surface area contributed by atoms with E-state index in [1.54, 1.807) is 24.3 Å². The largest absolute Gasteiger partial charge is 0.465 e. The Hall–Kier alpha value is -2.65. The molecule has 0 fully saturated rings. The Kier molecular flexibility index (Phi) is 8.11. The first-order valence-corrected chi connectivity index (χ1v) is 7.28. The van der Waals surface area contributed by atoms with Gasteiger partial charge in [0.25, 0.3) is 5.91 Å². The zero-order chi connectivity index (χ0) is 17.1. The van der Waals surface area contributed by atoms with E-state index in [4.69, 9.17) is 10.00 Å². The third-order valence-corrected chi connectivity index (χ3v) is 2.96. The van der Waals surface area contributed by atoms with E-state index in [2.05, 4.69) is 10.1 Å². The van der Waals surface area contributed by atoms with Crippen molar-refractivity contribution in [1.29, 1.82) is 5.26 Å². The van der Waals surface area contributed by atoms with Crippen LogP contribution in [0.1, 0.15) is 29.3 Å². The van der Waals surface area contributed by atoms with Crippen molar-refractivity contribution in [2.75, 3.05) is 26.9 Å². The Morgan fingerprint density at radius 1 is 1.30 bits per heavy atom. The highest BCUT2D eigenvalue weighted by Crippen LogP contribution is 2.10. The molecule has 0 heterocycles. The van der Waals surface area contributed by atoms with Crippen molar-refractivity contribution in [1.82, 2.24) is 5.32 Å². The maximum Gasteiger partial charge on any atom is 0.337 e. The van der Waals surface area contributed by atoms with Crippen LogP contribution in [-0.4, -0.2) is 38.7 Å². The van der Waals surface area contributed by atoms with Crippen LogP contribution in [0.3, 0.4) is 0 Å². The molecule has 0 unspecified atom stereocenters. The minimum atomic E-state index is -0.437. The van der Waals surface area contributed by atoms with Gasteiger partial charge < -0.3 is 14.8 Å². The number of benzene rings is 1. The molecule has 1 amide bonds. The van der Waals surface area contributed by atoms with Crippen molar-refractivity contribution in [3.05, 3.63) is 41.0 Å². The molecule has 0 aliphatic heterocycles. The van der Waals surface area contributed by atoms with Crippen molar-refractivity contribution in [3.8, 4) is 6.07 Å². The van der Waals surface area contributed by atoms with E-state index >= 15 is 0 Å². The number of rotatable bonds is 8. The van der Waals surface area contributed by atoms with Crippen LogP contribution < -0.4 is 5.32 Å². The number of ether oxygens (including phenoxy) is 2. The second-order valence-electron chi connectivity index (χ2n) is 4.59. The number of amides is 1. The number of carbonyl (C=O) groups is 2. The van der Waals surface area contributed by atoms with Gasteiger partial charge in [0.1, 0.15) is 11.6 Å². The Morgan fingerprint density at radius 3 is 2.57 bits per heavy atom. The van der Waals surface area contributed by atoms with Crippen LogP contribution in [-0.2, 0) is 14.3 Å². The molecule has 6 heteroatoms. The molecular weight excluding hydrogens is 296 g/mol. The minimum absolute atomic E-state index is 0.00669. The van der Waals surface area contributed by atoms with Crippen LogP contribution in [0.5, 0.6) is 0 Å². The summed E-state index contributed by atoms with van der Waals surface area (Å²) in [5.41, 5.74) is 1.06.